The first-order valence-corrected chi connectivity index (χ1v) is 12.0. The molecule has 8 nitrogen and oxygen atoms in total. The number of nitrogens with one attached hydrogen (secondary N) is 1. The third-order valence-electron chi connectivity index (χ3n) is 4.93. The highest BCUT2D eigenvalue weighted by atomic mass is 35.5. The van der Waals surface area contributed by atoms with Crippen LogP contribution in [0.25, 0.3) is 0 Å². The summed E-state index contributed by atoms with van der Waals surface area (Å²) >= 11 is 6.24. The van der Waals surface area contributed by atoms with Gasteiger partial charge in [0.1, 0.15) is 12.6 Å². The predicted octanol–water partition coefficient (Wildman–Crippen LogP) is 2.47. The molecular formula is C22H26ClN3O5S. The van der Waals surface area contributed by atoms with Gasteiger partial charge in [-0.1, -0.05) is 41.9 Å². The van der Waals surface area contributed by atoms with E-state index in [1.165, 1.54) is 31.0 Å². The molecule has 0 spiro atoms. The summed E-state index contributed by atoms with van der Waals surface area (Å²) in [4.78, 5) is 38.6. The lowest BCUT2D eigenvalue weighted by Gasteiger charge is -2.31. The number of anilines is 1. The highest BCUT2D eigenvalue weighted by Crippen LogP contribution is 2.22. The molecule has 2 aromatic rings. The Morgan fingerprint density at radius 2 is 1.75 bits per heavy atom. The van der Waals surface area contributed by atoms with E-state index < -0.39 is 34.4 Å². The van der Waals surface area contributed by atoms with E-state index in [2.05, 4.69) is 5.32 Å². The van der Waals surface area contributed by atoms with Crippen molar-refractivity contribution in [2.45, 2.75) is 26.4 Å². The summed E-state index contributed by atoms with van der Waals surface area (Å²) in [5, 5.41) is 2.92. The van der Waals surface area contributed by atoms with E-state index in [1.54, 1.807) is 43.3 Å². The fourth-order valence-corrected chi connectivity index (χ4v) is 4.13. The maximum Gasteiger partial charge on any atom is 0.244 e. The van der Waals surface area contributed by atoms with Gasteiger partial charge in [0.05, 0.1) is 11.9 Å². The van der Waals surface area contributed by atoms with Crippen molar-refractivity contribution in [1.29, 1.82) is 0 Å². The van der Waals surface area contributed by atoms with Crippen molar-refractivity contribution in [1.82, 2.24) is 10.2 Å². The molecule has 0 aliphatic rings. The van der Waals surface area contributed by atoms with E-state index in [4.69, 9.17) is 11.6 Å². The smallest absolute Gasteiger partial charge is 0.244 e. The third-order valence-corrected chi connectivity index (χ3v) is 6.44. The summed E-state index contributed by atoms with van der Waals surface area (Å²) in [6, 6.07) is 12.0. The first kappa shape index (κ1) is 25.4. The Bertz CT molecular complexity index is 1120. The van der Waals surface area contributed by atoms with Gasteiger partial charge in [-0.15, -0.1) is 0 Å². The van der Waals surface area contributed by atoms with Crippen LogP contribution >= 0.6 is 11.6 Å². The molecular weight excluding hydrogens is 454 g/mol. The zero-order valence-corrected chi connectivity index (χ0v) is 19.9. The summed E-state index contributed by atoms with van der Waals surface area (Å²) in [7, 11) is -2.42. The molecule has 2 aromatic carbocycles. The maximum absolute atomic E-state index is 13.3. The molecule has 0 bridgehead atoms. The van der Waals surface area contributed by atoms with E-state index in [9.17, 15) is 22.8 Å². The molecule has 0 aliphatic carbocycles. The molecule has 2 amide bonds. The summed E-state index contributed by atoms with van der Waals surface area (Å²) in [6.45, 7) is 2.38. The van der Waals surface area contributed by atoms with Crippen LogP contribution in [0.5, 0.6) is 0 Å². The van der Waals surface area contributed by atoms with Crippen molar-refractivity contribution in [3.8, 4) is 0 Å². The average Bonchev–Trinajstić information content (AvgIpc) is 2.74. The van der Waals surface area contributed by atoms with Crippen molar-refractivity contribution in [3.05, 3.63) is 64.7 Å². The molecule has 2 rings (SSSR count). The van der Waals surface area contributed by atoms with Gasteiger partial charge in [0.25, 0.3) is 0 Å². The molecule has 172 valence electrons. The number of likely N-dealkylation sites (N-methyl/N-ethyl adjacent to an activating group) is 1. The zero-order chi connectivity index (χ0) is 24.1. The van der Waals surface area contributed by atoms with Crippen LogP contribution in [-0.4, -0.2) is 56.8 Å². The van der Waals surface area contributed by atoms with E-state index in [-0.39, 0.29) is 18.0 Å². The van der Waals surface area contributed by atoms with Crippen LogP contribution < -0.4 is 9.62 Å². The number of hydrogen-bond acceptors (Lipinski definition) is 5. The minimum Gasteiger partial charge on any atom is -0.357 e. The Kier molecular flexibility index (Phi) is 8.40. The van der Waals surface area contributed by atoms with Crippen LogP contribution in [0.2, 0.25) is 5.02 Å². The Labute approximate surface area is 193 Å². The fraction of sp³-hybridized carbons (Fsp3) is 0.318. The Hall–Kier alpha value is -2.91. The van der Waals surface area contributed by atoms with Crippen molar-refractivity contribution in [3.63, 3.8) is 0 Å². The lowest BCUT2D eigenvalue weighted by molar-refractivity contribution is -0.139. The quantitative estimate of drug-likeness (QED) is 0.556. The molecule has 0 saturated heterocycles. The van der Waals surface area contributed by atoms with Crippen LogP contribution in [0.1, 0.15) is 29.8 Å². The second-order valence-electron chi connectivity index (χ2n) is 7.28. The zero-order valence-electron chi connectivity index (χ0n) is 18.3. The molecule has 0 heterocycles. The number of rotatable bonds is 9. The lowest BCUT2D eigenvalue weighted by Crippen LogP contribution is -2.50. The monoisotopic (exact) mass is 479 g/mol. The van der Waals surface area contributed by atoms with E-state index >= 15 is 0 Å². The van der Waals surface area contributed by atoms with Crippen LogP contribution in [0.4, 0.5) is 5.69 Å². The van der Waals surface area contributed by atoms with Gasteiger partial charge in [0, 0.05) is 24.2 Å². The molecule has 1 atom stereocenters. The average molecular weight is 480 g/mol. The van der Waals surface area contributed by atoms with Gasteiger partial charge in [-0.2, -0.15) is 0 Å². The Morgan fingerprint density at radius 1 is 1.09 bits per heavy atom. The van der Waals surface area contributed by atoms with Crippen LogP contribution in [0, 0.1) is 0 Å². The summed E-state index contributed by atoms with van der Waals surface area (Å²) in [5.74, 6) is -1.24. The van der Waals surface area contributed by atoms with Gasteiger partial charge < -0.3 is 10.2 Å². The number of amides is 2. The number of carbonyl (C=O) groups is 3. The first-order valence-electron chi connectivity index (χ1n) is 9.79. The van der Waals surface area contributed by atoms with Crippen molar-refractivity contribution < 1.29 is 22.8 Å². The number of nitrogens with zero attached hydrogens (tertiary/aromatic N) is 2. The fourth-order valence-electron chi connectivity index (χ4n) is 3.10. The highest BCUT2D eigenvalue weighted by molar-refractivity contribution is 7.92. The van der Waals surface area contributed by atoms with Gasteiger partial charge in [0.2, 0.25) is 21.8 Å². The minimum atomic E-state index is -3.87. The third kappa shape index (κ3) is 6.30. The number of benzene rings is 2. The van der Waals surface area contributed by atoms with Crippen LogP contribution in [0.3, 0.4) is 0 Å². The Balaban J connectivity index is 2.43. The molecule has 0 fully saturated rings. The van der Waals surface area contributed by atoms with Gasteiger partial charge in [-0.25, -0.2) is 8.42 Å². The number of Topliss-reactive ketones (excluding diaryl/α,β-unsaturated/α-hetero) is 1. The van der Waals surface area contributed by atoms with Crippen molar-refractivity contribution in [2.24, 2.45) is 0 Å². The largest absolute Gasteiger partial charge is 0.357 e. The first-order chi connectivity index (χ1) is 15.0. The molecule has 1 N–H and O–H groups in total. The summed E-state index contributed by atoms with van der Waals surface area (Å²) in [5.41, 5.74) is 1.11. The predicted molar refractivity (Wildman–Crippen MR) is 124 cm³/mol. The SMILES string of the molecule is CNC(=O)C(C)N(Cc1ccccc1Cl)C(=O)CN(c1cccc(C(C)=O)c1)S(C)(=O)=O. The molecule has 32 heavy (non-hydrogen) atoms. The molecule has 0 radical (unpaired) electrons. The lowest BCUT2D eigenvalue weighted by atomic mass is 10.1. The van der Waals surface area contributed by atoms with Crippen LogP contribution in [-0.2, 0) is 26.2 Å². The van der Waals surface area contributed by atoms with Crippen molar-refractivity contribution >= 4 is 44.9 Å². The van der Waals surface area contributed by atoms with E-state index in [0.29, 0.717) is 16.1 Å². The standard InChI is InChI=1S/C22H26ClN3O5S/c1-15(22(29)24-3)25(13-18-8-5-6-11-20(18)23)21(28)14-26(32(4,30)31)19-10-7-9-17(12-19)16(2)27/h5-12,15H,13-14H2,1-4H3,(H,24,29). The summed E-state index contributed by atoms with van der Waals surface area (Å²) in [6.07, 6.45) is 0.974. The van der Waals surface area contributed by atoms with Gasteiger partial charge >= 0.3 is 0 Å². The van der Waals surface area contributed by atoms with E-state index in [1.807, 2.05) is 0 Å². The number of ketones is 1. The second-order valence-corrected chi connectivity index (χ2v) is 9.59. The maximum atomic E-state index is 13.3. The van der Waals surface area contributed by atoms with Gasteiger partial charge in [-0.05, 0) is 37.6 Å². The minimum absolute atomic E-state index is 0.0121. The molecule has 1 unspecified atom stereocenters. The Morgan fingerprint density at radius 3 is 2.31 bits per heavy atom. The van der Waals surface area contributed by atoms with Crippen LogP contribution in [0.15, 0.2) is 48.5 Å². The molecule has 10 heteroatoms. The molecule has 0 aromatic heterocycles. The molecule has 0 aliphatic heterocycles. The molecule has 0 saturated carbocycles. The second kappa shape index (κ2) is 10.6. The van der Waals surface area contributed by atoms with Gasteiger partial charge in [-0.3, -0.25) is 18.7 Å². The number of halogens is 1. The van der Waals surface area contributed by atoms with Gasteiger partial charge in [0.15, 0.2) is 5.78 Å². The number of carbonyl (C=O) groups excluding carboxylic acids is 3. The topological polar surface area (TPSA) is 104 Å². The number of hydrogen-bond donors (Lipinski definition) is 1. The highest BCUT2D eigenvalue weighted by Gasteiger charge is 2.30. The van der Waals surface area contributed by atoms with Crippen molar-refractivity contribution in [2.75, 3.05) is 24.2 Å². The summed E-state index contributed by atoms with van der Waals surface area (Å²) < 4.78 is 25.9. The van der Waals surface area contributed by atoms with E-state index in [0.717, 1.165) is 10.6 Å². The number of sulfonamides is 1. The normalized spacial score (nSPS) is 12.0.